The summed E-state index contributed by atoms with van der Waals surface area (Å²) in [5, 5.41) is 2.22. The third-order valence-corrected chi connectivity index (χ3v) is 6.72. The van der Waals surface area contributed by atoms with Crippen LogP contribution in [-0.4, -0.2) is 15.0 Å². The maximum Gasteiger partial charge on any atom is 0.164 e. The van der Waals surface area contributed by atoms with Crippen LogP contribution in [-0.2, 0) is 0 Å². The SMILES string of the molecule is Brc1ccc(-c2nc(-c3ccccc3)nc(-c3ccc(-c4ccccc4)cc3)n2)c2ccccc12. The van der Waals surface area contributed by atoms with E-state index in [4.69, 9.17) is 15.0 Å². The van der Waals surface area contributed by atoms with Gasteiger partial charge in [-0.1, -0.05) is 125 Å². The van der Waals surface area contributed by atoms with Crippen LogP contribution in [0.15, 0.2) is 126 Å². The van der Waals surface area contributed by atoms with Gasteiger partial charge in [-0.15, -0.1) is 0 Å². The number of halogens is 1. The number of hydrogen-bond donors (Lipinski definition) is 0. The Bertz CT molecular complexity index is 1630. The molecular formula is C31H20BrN3. The van der Waals surface area contributed by atoms with Crippen molar-refractivity contribution in [2.24, 2.45) is 0 Å². The highest BCUT2D eigenvalue weighted by molar-refractivity contribution is 9.10. The number of nitrogens with zero attached hydrogens (tertiary/aromatic N) is 3. The summed E-state index contributed by atoms with van der Waals surface area (Å²) in [6.07, 6.45) is 0. The molecule has 35 heavy (non-hydrogen) atoms. The Kier molecular flexibility index (Phi) is 5.65. The number of hydrogen-bond acceptors (Lipinski definition) is 3. The summed E-state index contributed by atoms with van der Waals surface area (Å²) in [7, 11) is 0. The Labute approximate surface area is 212 Å². The van der Waals surface area contributed by atoms with E-state index in [9.17, 15) is 0 Å². The highest BCUT2D eigenvalue weighted by atomic mass is 79.9. The molecule has 0 atom stereocenters. The van der Waals surface area contributed by atoms with Gasteiger partial charge in [0.2, 0.25) is 0 Å². The van der Waals surface area contributed by atoms with E-state index >= 15 is 0 Å². The predicted molar refractivity (Wildman–Crippen MR) is 147 cm³/mol. The first-order valence-electron chi connectivity index (χ1n) is 11.4. The number of fused-ring (bicyclic) bond motifs is 1. The summed E-state index contributed by atoms with van der Waals surface area (Å²) >= 11 is 3.68. The molecule has 1 aromatic heterocycles. The minimum Gasteiger partial charge on any atom is -0.208 e. The van der Waals surface area contributed by atoms with Gasteiger partial charge in [-0.3, -0.25) is 0 Å². The molecule has 0 N–H and O–H groups in total. The van der Waals surface area contributed by atoms with Crippen LogP contribution in [0.5, 0.6) is 0 Å². The second-order valence-corrected chi connectivity index (χ2v) is 9.11. The molecule has 0 aliphatic rings. The zero-order chi connectivity index (χ0) is 23.6. The molecule has 0 fully saturated rings. The van der Waals surface area contributed by atoms with Crippen molar-refractivity contribution < 1.29 is 0 Å². The third-order valence-electron chi connectivity index (χ3n) is 6.03. The van der Waals surface area contributed by atoms with E-state index in [-0.39, 0.29) is 0 Å². The molecule has 0 bridgehead atoms. The van der Waals surface area contributed by atoms with E-state index in [1.807, 2.05) is 48.5 Å². The van der Waals surface area contributed by atoms with Gasteiger partial charge in [0, 0.05) is 21.2 Å². The molecule has 0 saturated carbocycles. The zero-order valence-electron chi connectivity index (χ0n) is 18.8. The van der Waals surface area contributed by atoms with Gasteiger partial charge in [-0.2, -0.15) is 0 Å². The molecule has 1 heterocycles. The van der Waals surface area contributed by atoms with Crippen molar-refractivity contribution in [1.29, 1.82) is 0 Å². The second kappa shape index (κ2) is 9.24. The number of rotatable bonds is 4. The van der Waals surface area contributed by atoms with Crippen molar-refractivity contribution in [1.82, 2.24) is 15.0 Å². The molecule has 0 amide bonds. The van der Waals surface area contributed by atoms with Crippen LogP contribution in [0.2, 0.25) is 0 Å². The first-order valence-corrected chi connectivity index (χ1v) is 12.2. The normalized spacial score (nSPS) is 11.0. The van der Waals surface area contributed by atoms with Crippen LogP contribution in [0.3, 0.4) is 0 Å². The highest BCUT2D eigenvalue weighted by Gasteiger charge is 2.15. The lowest BCUT2D eigenvalue weighted by molar-refractivity contribution is 1.08. The smallest absolute Gasteiger partial charge is 0.164 e. The molecular weight excluding hydrogens is 494 g/mol. The lowest BCUT2D eigenvalue weighted by Crippen LogP contribution is -2.00. The van der Waals surface area contributed by atoms with E-state index < -0.39 is 0 Å². The lowest BCUT2D eigenvalue weighted by Gasteiger charge is -2.11. The van der Waals surface area contributed by atoms with Gasteiger partial charge in [0.25, 0.3) is 0 Å². The first kappa shape index (κ1) is 21.4. The standard InChI is InChI=1S/C31H20BrN3/c32-28-20-19-27(25-13-7-8-14-26(25)28)31-34-29(23-11-5-2-6-12-23)33-30(35-31)24-17-15-22(16-18-24)21-9-3-1-4-10-21/h1-20H. The summed E-state index contributed by atoms with van der Waals surface area (Å²) in [4.78, 5) is 14.7. The molecule has 4 heteroatoms. The van der Waals surface area contributed by atoms with Crippen molar-refractivity contribution in [3.05, 3.63) is 126 Å². The molecule has 0 aliphatic heterocycles. The minimum atomic E-state index is 0.653. The molecule has 0 unspecified atom stereocenters. The summed E-state index contributed by atoms with van der Waals surface area (Å²) < 4.78 is 1.05. The van der Waals surface area contributed by atoms with Crippen LogP contribution in [0.1, 0.15) is 0 Å². The second-order valence-electron chi connectivity index (χ2n) is 8.26. The third kappa shape index (κ3) is 4.25. The minimum absolute atomic E-state index is 0.653. The van der Waals surface area contributed by atoms with Gasteiger partial charge in [0.05, 0.1) is 0 Å². The van der Waals surface area contributed by atoms with Crippen LogP contribution < -0.4 is 0 Å². The topological polar surface area (TPSA) is 38.7 Å². The Hall–Kier alpha value is -4.15. The fourth-order valence-corrected chi connectivity index (χ4v) is 4.72. The van der Waals surface area contributed by atoms with Crippen LogP contribution in [0.4, 0.5) is 0 Å². The molecule has 0 aliphatic carbocycles. The average Bonchev–Trinajstić information content (AvgIpc) is 2.94. The monoisotopic (exact) mass is 513 g/mol. The van der Waals surface area contributed by atoms with Crippen molar-refractivity contribution in [2.75, 3.05) is 0 Å². The zero-order valence-corrected chi connectivity index (χ0v) is 20.4. The Morgan fingerprint density at radius 3 is 1.49 bits per heavy atom. The van der Waals surface area contributed by atoms with Crippen molar-refractivity contribution >= 4 is 26.7 Å². The van der Waals surface area contributed by atoms with Crippen molar-refractivity contribution in [3.8, 4) is 45.3 Å². The van der Waals surface area contributed by atoms with E-state index in [0.717, 1.165) is 37.5 Å². The van der Waals surface area contributed by atoms with Gasteiger partial charge in [0.1, 0.15) is 0 Å². The first-order chi connectivity index (χ1) is 17.3. The van der Waals surface area contributed by atoms with E-state index in [0.29, 0.717) is 17.5 Å². The number of aromatic nitrogens is 3. The fourth-order valence-electron chi connectivity index (χ4n) is 4.24. The fraction of sp³-hybridized carbons (Fsp3) is 0. The quantitative estimate of drug-likeness (QED) is 0.237. The predicted octanol–water partition coefficient (Wildman–Crippen LogP) is 8.46. The Morgan fingerprint density at radius 2 is 0.829 bits per heavy atom. The van der Waals surface area contributed by atoms with Crippen LogP contribution in [0, 0.1) is 0 Å². The molecule has 5 aromatic carbocycles. The maximum absolute atomic E-state index is 4.94. The summed E-state index contributed by atoms with van der Waals surface area (Å²) in [6.45, 7) is 0. The van der Waals surface area contributed by atoms with Crippen molar-refractivity contribution in [3.63, 3.8) is 0 Å². The van der Waals surface area contributed by atoms with Crippen LogP contribution >= 0.6 is 15.9 Å². The van der Waals surface area contributed by atoms with Crippen LogP contribution in [0.25, 0.3) is 56.1 Å². The van der Waals surface area contributed by atoms with Gasteiger partial charge in [-0.25, -0.2) is 15.0 Å². The molecule has 0 spiro atoms. The highest BCUT2D eigenvalue weighted by Crippen LogP contribution is 2.33. The Morgan fingerprint density at radius 1 is 0.371 bits per heavy atom. The van der Waals surface area contributed by atoms with Gasteiger partial charge < -0.3 is 0 Å². The summed E-state index contributed by atoms with van der Waals surface area (Å²) in [6, 6.07) is 41.2. The van der Waals surface area contributed by atoms with Crippen molar-refractivity contribution in [2.45, 2.75) is 0 Å². The maximum atomic E-state index is 4.94. The van der Waals surface area contributed by atoms with E-state index in [1.165, 1.54) is 5.56 Å². The van der Waals surface area contributed by atoms with E-state index in [1.54, 1.807) is 0 Å². The van der Waals surface area contributed by atoms with Gasteiger partial charge in [-0.05, 0) is 34.0 Å². The molecule has 6 rings (SSSR count). The summed E-state index contributed by atoms with van der Waals surface area (Å²) in [5.74, 6) is 1.97. The molecule has 0 saturated heterocycles. The number of benzene rings is 5. The van der Waals surface area contributed by atoms with E-state index in [2.05, 4.69) is 88.7 Å². The molecule has 6 aromatic rings. The largest absolute Gasteiger partial charge is 0.208 e. The van der Waals surface area contributed by atoms with Gasteiger partial charge in [0.15, 0.2) is 17.5 Å². The average molecular weight is 514 g/mol. The lowest BCUT2D eigenvalue weighted by atomic mass is 10.0. The van der Waals surface area contributed by atoms with Gasteiger partial charge >= 0.3 is 0 Å². The molecule has 166 valence electrons. The molecule has 3 nitrogen and oxygen atoms in total. The Balaban J connectivity index is 1.52. The summed E-state index contributed by atoms with van der Waals surface area (Å²) in [5.41, 5.74) is 5.23. The molecule has 0 radical (unpaired) electrons.